The Morgan fingerprint density at radius 2 is 1.87 bits per heavy atom. The van der Waals surface area contributed by atoms with Gasteiger partial charge in [0.2, 0.25) is 0 Å². The zero-order chi connectivity index (χ0) is 21.5. The Labute approximate surface area is 182 Å². The molecule has 154 valence electrons. The van der Waals surface area contributed by atoms with Crippen molar-refractivity contribution >= 4 is 45.9 Å². The van der Waals surface area contributed by atoms with E-state index in [2.05, 4.69) is 67.2 Å². The first-order valence-electron chi connectivity index (χ1n) is 10.2. The van der Waals surface area contributed by atoms with Crippen molar-refractivity contribution in [3.63, 3.8) is 0 Å². The van der Waals surface area contributed by atoms with Gasteiger partial charge >= 0.3 is 0 Å². The number of nitrogens with one attached hydrogen (secondary N) is 1. The van der Waals surface area contributed by atoms with E-state index in [4.69, 9.17) is 0 Å². The Balaban J connectivity index is 1.62. The first-order chi connectivity index (χ1) is 14.3. The van der Waals surface area contributed by atoms with E-state index in [-0.39, 0.29) is 11.4 Å². The molecule has 30 heavy (non-hydrogen) atoms. The molecule has 2 aromatic carbocycles. The molecule has 2 aliphatic heterocycles. The standard InChI is InChI=1S/C25H27N3OS/c1-6-28-21-12-9-18(13-20(21)17(3)15-25(28,4)5)14-22-23(29)27-24(30-22)26-19-10-7-16(2)8-11-19/h7-15H,6H2,1-5H3,(H,26,27,29)/b22-14-. The number of allylic oxidation sites excluding steroid dienone is 1. The van der Waals surface area contributed by atoms with Crippen LogP contribution in [-0.4, -0.2) is 23.2 Å². The molecule has 0 bridgehead atoms. The second-order valence-electron chi connectivity index (χ2n) is 8.32. The van der Waals surface area contributed by atoms with E-state index in [0.29, 0.717) is 10.1 Å². The number of amidine groups is 1. The molecule has 2 aliphatic rings. The number of likely N-dealkylation sites (N-methyl/N-ethyl adjacent to an activating group) is 1. The Kier molecular flexibility index (Phi) is 5.33. The fourth-order valence-corrected chi connectivity index (χ4v) is 4.98. The molecule has 1 N–H and O–H groups in total. The van der Waals surface area contributed by atoms with Crippen LogP contribution in [0.3, 0.4) is 0 Å². The molecule has 1 amide bonds. The van der Waals surface area contributed by atoms with Gasteiger partial charge in [-0.25, -0.2) is 4.99 Å². The first kappa shape index (κ1) is 20.5. The predicted molar refractivity (Wildman–Crippen MR) is 129 cm³/mol. The van der Waals surface area contributed by atoms with Gasteiger partial charge in [0.25, 0.3) is 5.91 Å². The molecule has 0 radical (unpaired) electrons. The monoisotopic (exact) mass is 417 g/mol. The van der Waals surface area contributed by atoms with E-state index < -0.39 is 0 Å². The number of amides is 1. The number of thioether (sulfide) groups is 1. The highest BCUT2D eigenvalue weighted by atomic mass is 32.2. The highest BCUT2D eigenvalue weighted by molar-refractivity contribution is 8.18. The van der Waals surface area contributed by atoms with Crippen molar-refractivity contribution in [1.29, 1.82) is 0 Å². The minimum Gasteiger partial charge on any atom is -0.363 e. The van der Waals surface area contributed by atoms with Crippen LogP contribution in [-0.2, 0) is 4.79 Å². The number of carbonyl (C=O) groups is 1. The van der Waals surface area contributed by atoms with Gasteiger partial charge in [-0.15, -0.1) is 0 Å². The van der Waals surface area contributed by atoms with Crippen molar-refractivity contribution < 1.29 is 4.79 Å². The minimum absolute atomic E-state index is 0.00561. The lowest BCUT2D eigenvalue weighted by Crippen LogP contribution is -2.44. The molecule has 0 atom stereocenters. The highest BCUT2D eigenvalue weighted by Crippen LogP contribution is 2.39. The average molecular weight is 418 g/mol. The Morgan fingerprint density at radius 3 is 2.57 bits per heavy atom. The van der Waals surface area contributed by atoms with Gasteiger partial charge in [-0.2, -0.15) is 0 Å². The Hall–Kier alpha value is -2.79. The molecule has 0 aliphatic carbocycles. The van der Waals surface area contributed by atoms with Crippen molar-refractivity contribution in [2.75, 3.05) is 11.4 Å². The van der Waals surface area contributed by atoms with Crippen LogP contribution in [0.2, 0.25) is 0 Å². The van der Waals surface area contributed by atoms with E-state index in [1.165, 1.54) is 34.1 Å². The third-order valence-corrected chi connectivity index (χ3v) is 6.44. The van der Waals surface area contributed by atoms with Gasteiger partial charge in [0.1, 0.15) is 0 Å². The summed E-state index contributed by atoms with van der Waals surface area (Å²) in [6, 6.07) is 14.4. The summed E-state index contributed by atoms with van der Waals surface area (Å²) in [4.78, 5) is 20.1. The predicted octanol–water partition coefficient (Wildman–Crippen LogP) is 5.91. The number of rotatable bonds is 3. The molecule has 0 aromatic heterocycles. The summed E-state index contributed by atoms with van der Waals surface area (Å²) in [5.41, 5.74) is 6.77. The molecule has 1 fully saturated rings. The molecule has 4 rings (SSSR count). The summed E-state index contributed by atoms with van der Waals surface area (Å²) in [7, 11) is 0. The fourth-order valence-electron chi connectivity index (χ4n) is 4.14. The topological polar surface area (TPSA) is 44.7 Å². The van der Waals surface area contributed by atoms with Crippen LogP contribution in [0.25, 0.3) is 11.6 Å². The maximum atomic E-state index is 12.5. The summed E-state index contributed by atoms with van der Waals surface area (Å²) in [6.45, 7) is 11.8. The van der Waals surface area contributed by atoms with Crippen molar-refractivity contribution in [1.82, 2.24) is 5.32 Å². The summed E-state index contributed by atoms with van der Waals surface area (Å²) in [5, 5.41) is 3.49. The van der Waals surface area contributed by atoms with Crippen LogP contribution >= 0.6 is 11.8 Å². The number of carbonyl (C=O) groups excluding carboxylic acids is 1. The molecule has 5 heteroatoms. The molecule has 1 saturated heterocycles. The van der Waals surface area contributed by atoms with E-state index in [0.717, 1.165) is 17.8 Å². The quantitative estimate of drug-likeness (QED) is 0.632. The highest BCUT2D eigenvalue weighted by Gasteiger charge is 2.30. The summed E-state index contributed by atoms with van der Waals surface area (Å²) in [6.07, 6.45) is 4.26. The second kappa shape index (κ2) is 7.80. The van der Waals surface area contributed by atoms with E-state index in [9.17, 15) is 4.79 Å². The summed E-state index contributed by atoms with van der Waals surface area (Å²) in [5.74, 6) is -0.104. The van der Waals surface area contributed by atoms with Crippen LogP contribution in [0.4, 0.5) is 11.4 Å². The third kappa shape index (κ3) is 3.94. The van der Waals surface area contributed by atoms with Crippen LogP contribution in [0, 0.1) is 6.92 Å². The molecule has 0 saturated carbocycles. The molecule has 0 spiro atoms. The van der Waals surface area contributed by atoms with Crippen molar-refractivity contribution in [3.8, 4) is 0 Å². The zero-order valence-electron chi connectivity index (χ0n) is 18.1. The number of nitrogens with zero attached hydrogens (tertiary/aromatic N) is 2. The summed E-state index contributed by atoms with van der Waals surface area (Å²) < 4.78 is 0. The molecule has 0 unspecified atom stereocenters. The molecule has 2 aromatic rings. The Morgan fingerprint density at radius 1 is 1.13 bits per heavy atom. The number of anilines is 1. The molecule has 2 heterocycles. The van der Waals surface area contributed by atoms with Gasteiger partial charge in [-0.05, 0) is 87.9 Å². The SMILES string of the molecule is CCN1c2ccc(/C=C3\SC(=Nc4ccc(C)cc4)NC3=O)cc2C(C)=CC1(C)C. The van der Waals surface area contributed by atoms with Gasteiger partial charge in [0, 0.05) is 17.8 Å². The lowest BCUT2D eigenvalue weighted by atomic mass is 9.88. The van der Waals surface area contributed by atoms with Crippen molar-refractivity contribution in [2.24, 2.45) is 4.99 Å². The fraction of sp³-hybridized carbons (Fsp3) is 0.280. The largest absolute Gasteiger partial charge is 0.363 e. The maximum Gasteiger partial charge on any atom is 0.264 e. The number of aryl methyl sites for hydroxylation is 1. The molecule has 4 nitrogen and oxygen atoms in total. The van der Waals surface area contributed by atoms with Gasteiger partial charge in [0.05, 0.1) is 16.1 Å². The van der Waals surface area contributed by atoms with Crippen LogP contribution in [0.5, 0.6) is 0 Å². The number of hydrogen-bond acceptors (Lipinski definition) is 4. The van der Waals surface area contributed by atoms with E-state index in [1.54, 1.807) is 0 Å². The third-order valence-electron chi connectivity index (χ3n) is 5.53. The number of benzene rings is 2. The molecular weight excluding hydrogens is 390 g/mol. The van der Waals surface area contributed by atoms with E-state index in [1.807, 2.05) is 37.3 Å². The lowest BCUT2D eigenvalue weighted by molar-refractivity contribution is -0.115. The van der Waals surface area contributed by atoms with Gasteiger partial charge in [0.15, 0.2) is 5.17 Å². The van der Waals surface area contributed by atoms with E-state index >= 15 is 0 Å². The maximum absolute atomic E-state index is 12.5. The second-order valence-corrected chi connectivity index (χ2v) is 9.35. The van der Waals surface area contributed by atoms with Crippen LogP contribution in [0.1, 0.15) is 44.4 Å². The Bertz CT molecular complexity index is 1090. The van der Waals surface area contributed by atoms with Gasteiger partial charge < -0.3 is 10.2 Å². The normalized spacial score (nSPS) is 20.4. The number of fused-ring (bicyclic) bond motifs is 1. The van der Waals surface area contributed by atoms with Crippen molar-refractivity contribution in [2.45, 2.75) is 40.2 Å². The van der Waals surface area contributed by atoms with Gasteiger partial charge in [-0.3, -0.25) is 4.79 Å². The minimum atomic E-state index is -0.104. The van der Waals surface area contributed by atoms with Gasteiger partial charge in [-0.1, -0.05) is 29.8 Å². The number of hydrogen-bond donors (Lipinski definition) is 1. The first-order valence-corrected chi connectivity index (χ1v) is 11.1. The smallest absolute Gasteiger partial charge is 0.264 e. The molecular formula is C25H27N3OS. The van der Waals surface area contributed by atoms with Crippen LogP contribution in [0.15, 0.2) is 58.4 Å². The number of aliphatic imine (C=N–C) groups is 1. The zero-order valence-corrected chi connectivity index (χ0v) is 18.9. The summed E-state index contributed by atoms with van der Waals surface area (Å²) >= 11 is 1.38. The van der Waals surface area contributed by atoms with Crippen LogP contribution < -0.4 is 10.2 Å². The average Bonchev–Trinajstić information content (AvgIpc) is 3.02. The van der Waals surface area contributed by atoms with Crippen molar-refractivity contribution in [3.05, 3.63) is 70.1 Å². The lowest BCUT2D eigenvalue weighted by Gasteiger charge is -2.42.